The van der Waals surface area contributed by atoms with Crippen LogP contribution in [0.4, 0.5) is 0 Å². The van der Waals surface area contributed by atoms with Crippen LogP contribution in [0.15, 0.2) is 18.2 Å². The Hall–Kier alpha value is -2.24. The number of phenolic OH excluding ortho intramolecular Hbond substituents is 2. The summed E-state index contributed by atoms with van der Waals surface area (Å²) in [5.41, 5.74) is 0.0878. The molecule has 6 heteroatoms. The Morgan fingerprint density at radius 3 is 2.37 bits per heavy atom. The Morgan fingerprint density at radius 2 is 1.89 bits per heavy atom. The molecule has 104 valence electrons. The number of hydrogen-bond acceptors (Lipinski definition) is 4. The largest absolute Gasteiger partial charge is 0.504 e. The predicted molar refractivity (Wildman–Crippen MR) is 68.1 cm³/mol. The van der Waals surface area contributed by atoms with E-state index in [0.29, 0.717) is 6.42 Å². The maximum absolute atomic E-state index is 11.9. The van der Waals surface area contributed by atoms with Gasteiger partial charge < -0.3 is 20.6 Å². The number of phenols is 2. The fraction of sp³-hybridized carbons (Fsp3) is 0.385. The van der Waals surface area contributed by atoms with Crippen LogP contribution in [0.2, 0.25) is 0 Å². The van der Waals surface area contributed by atoms with Crippen LogP contribution in [0.1, 0.15) is 30.6 Å². The van der Waals surface area contributed by atoms with Gasteiger partial charge in [0.1, 0.15) is 6.04 Å². The van der Waals surface area contributed by atoms with E-state index in [1.807, 2.05) is 6.92 Å². The minimum atomic E-state index is -1.11. The van der Waals surface area contributed by atoms with Gasteiger partial charge in [0.25, 0.3) is 5.91 Å². The van der Waals surface area contributed by atoms with Gasteiger partial charge in [-0.3, -0.25) is 4.79 Å². The van der Waals surface area contributed by atoms with Gasteiger partial charge in [0.15, 0.2) is 11.5 Å². The van der Waals surface area contributed by atoms with Gasteiger partial charge in [-0.2, -0.15) is 0 Å². The van der Waals surface area contributed by atoms with E-state index >= 15 is 0 Å². The third kappa shape index (κ3) is 3.61. The second-order valence-corrected chi connectivity index (χ2v) is 4.38. The van der Waals surface area contributed by atoms with Crippen LogP contribution in [-0.4, -0.2) is 33.2 Å². The number of carboxylic acid groups (broad SMARTS) is 1. The summed E-state index contributed by atoms with van der Waals surface area (Å²) < 4.78 is 0. The Kier molecular flexibility index (Phi) is 4.74. The summed E-state index contributed by atoms with van der Waals surface area (Å²) in [5, 5.41) is 29.9. The first kappa shape index (κ1) is 14.8. The molecule has 0 saturated carbocycles. The second-order valence-electron chi connectivity index (χ2n) is 4.38. The lowest BCUT2D eigenvalue weighted by Gasteiger charge is -2.20. The van der Waals surface area contributed by atoms with E-state index in [2.05, 4.69) is 5.32 Å². The lowest BCUT2D eigenvalue weighted by Crippen LogP contribution is -2.45. The monoisotopic (exact) mass is 267 g/mol. The van der Waals surface area contributed by atoms with E-state index in [1.165, 1.54) is 12.1 Å². The summed E-state index contributed by atoms with van der Waals surface area (Å²) in [6, 6.07) is 2.57. The van der Waals surface area contributed by atoms with Gasteiger partial charge in [0.05, 0.1) is 0 Å². The van der Waals surface area contributed by atoms with Crippen molar-refractivity contribution in [3.8, 4) is 11.5 Å². The summed E-state index contributed by atoms with van der Waals surface area (Å²) in [6.07, 6.45) is 0.609. The number of carbonyl (C=O) groups is 2. The van der Waals surface area contributed by atoms with Gasteiger partial charge in [0, 0.05) is 5.56 Å². The first-order valence-electron chi connectivity index (χ1n) is 5.92. The molecular formula is C13H17NO5. The van der Waals surface area contributed by atoms with Crippen molar-refractivity contribution in [1.29, 1.82) is 0 Å². The third-order valence-electron chi connectivity index (χ3n) is 3.00. The smallest absolute Gasteiger partial charge is 0.326 e. The Bertz CT molecular complexity index is 486. The summed E-state index contributed by atoms with van der Waals surface area (Å²) in [7, 11) is 0. The van der Waals surface area contributed by atoms with E-state index in [-0.39, 0.29) is 17.2 Å². The van der Waals surface area contributed by atoms with E-state index in [9.17, 15) is 14.7 Å². The maximum Gasteiger partial charge on any atom is 0.326 e. The molecule has 0 spiro atoms. The SMILES string of the molecule is CCC(C)C(NC(=O)c1ccc(O)c(O)c1)C(=O)O. The number of rotatable bonds is 5. The van der Waals surface area contributed by atoms with Crippen LogP contribution in [-0.2, 0) is 4.79 Å². The Morgan fingerprint density at radius 1 is 1.26 bits per heavy atom. The zero-order chi connectivity index (χ0) is 14.6. The van der Waals surface area contributed by atoms with E-state index < -0.39 is 23.7 Å². The van der Waals surface area contributed by atoms with E-state index in [1.54, 1.807) is 6.92 Å². The molecule has 0 bridgehead atoms. The molecule has 1 aromatic rings. The summed E-state index contributed by atoms with van der Waals surface area (Å²) in [4.78, 5) is 23.0. The molecule has 4 N–H and O–H groups in total. The molecule has 0 fully saturated rings. The molecule has 0 aliphatic carbocycles. The fourth-order valence-electron chi connectivity index (χ4n) is 1.57. The van der Waals surface area contributed by atoms with Crippen LogP contribution in [0.5, 0.6) is 11.5 Å². The van der Waals surface area contributed by atoms with Gasteiger partial charge in [-0.1, -0.05) is 20.3 Å². The van der Waals surface area contributed by atoms with Gasteiger partial charge in [0.2, 0.25) is 0 Å². The molecule has 1 rings (SSSR count). The fourth-order valence-corrected chi connectivity index (χ4v) is 1.57. The molecule has 2 unspecified atom stereocenters. The topological polar surface area (TPSA) is 107 Å². The minimum Gasteiger partial charge on any atom is -0.504 e. The van der Waals surface area contributed by atoms with Crippen molar-refractivity contribution in [2.75, 3.05) is 0 Å². The van der Waals surface area contributed by atoms with Crippen molar-refractivity contribution in [3.05, 3.63) is 23.8 Å². The van der Waals surface area contributed by atoms with Crippen molar-refractivity contribution in [1.82, 2.24) is 5.32 Å². The zero-order valence-electron chi connectivity index (χ0n) is 10.8. The molecule has 1 amide bonds. The van der Waals surface area contributed by atoms with Crippen LogP contribution in [0, 0.1) is 5.92 Å². The third-order valence-corrected chi connectivity index (χ3v) is 3.00. The number of carbonyl (C=O) groups excluding carboxylic acids is 1. The minimum absolute atomic E-state index is 0.0878. The maximum atomic E-state index is 11.9. The van der Waals surface area contributed by atoms with Crippen molar-refractivity contribution in [2.24, 2.45) is 5.92 Å². The molecule has 2 atom stereocenters. The van der Waals surface area contributed by atoms with Crippen LogP contribution < -0.4 is 5.32 Å². The highest BCUT2D eigenvalue weighted by Gasteiger charge is 2.25. The highest BCUT2D eigenvalue weighted by molar-refractivity contribution is 5.97. The number of benzene rings is 1. The quantitative estimate of drug-likeness (QED) is 0.602. The van der Waals surface area contributed by atoms with Crippen molar-refractivity contribution >= 4 is 11.9 Å². The van der Waals surface area contributed by atoms with Gasteiger partial charge >= 0.3 is 5.97 Å². The summed E-state index contributed by atoms with van der Waals surface area (Å²) in [5.74, 6) is -2.70. The van der Waals surface area contributed by atoms with Gasteiger partial charge in [-0.05, 0) is 24.1 Å². The average Bonchev–Trinajstić information content (AvgIpc) is 2.37. The normalized spacial score (nSPS) is 13.6. The van der Waals surface area contributed by atoms with E-state index in [4.69, 9.17) is 10.2 Å². The van der Waals surface area contributed by atoms with E-state index in [0.717, 1.165) is 6.07 Å². The molecule has 0 heterocycles. The molecule has 1 aromatic carbocycles. The number of nitrogens with one attached hydrogen (secondary N) is 1. The number of aromatic hydroxyl groups is 2. The number of aliphatic carboxylic acids is 1. The molecule has 6 nitrogen and oxygen atoms in total. The van der Waals surface area contributed by atoms with Crippen molar-refractivity contribution in [2.45, 2.75) is 26.3 Å². The molecule has 0 saturated heterocycles. The first-order valence-corrected chi connectivity index (χ1v) is 5.92. The highest BCUT2D eigenvalue weighted by atomic mass is 16.4. The van der Waals surface area contributed by atoms with Gasteiger partial charge in [-0.25, -0.2) is 4.79 Å². The number of carboxylic acids is 1. The molecule has 0 aliphatic rings. The average molecular weight is 267 g/mol. The molecule has 0 radical (unpaired) electrons. The zero-order valence-corrected chi connectivity index (χ0v) is 10.8. The van der Waals surface area contributed by atoms with Crippen LogP contribution in [0.25, 0.3) is 0 Å². The highest BCUT2D eigenvalue weighted by Crippen LogP contribution is 2.24. The lowest BCUT2D eigenvalue weighted by atomic mass is 9.99. The summed E-state index contributed by atoms with van der Waals surface area (Å²) >= 11 is 0. The van der Waals surface area contributed by atoms with Crippen molar-refractivity contribution in [3.63, 3.8) is 0 Å². The predicted octanol–water partition coefficient (Wildman–Crippen LogP) is 1.33. The first-order chi connectivity index (χ1) is 8.86. The Balaban J connectivity index is 2.87. The summed E-state index contributed by atoms with van der Waals surface area (Å²) in [6.45, 7) is 3.56. The van der Waals surface area contributed by atoms with Gasteiger partial charge in [-0.15, -0.1) is 0 Å². The van der Waals surface area contributed by atoms with Crippen molar-refractivity contribution < 1.29 is 24.9 Å². The second kappa shape index (κ2) is 6.08. The molecular weight excluding hydrogens is 250 g/mol. The standard InChI is InChI=1S/C13H17NO5/c1-3-7(2)11(13(18)19)14-12(17)8-4-5-9(15)10(16)6-8/h4-7,11,15-16H,3H2,1-2H3,(H,14,17)(H,18,19). The van der Waals surface area contributed by atoms with Crippen LogP contribution in [0.3, 0.4) is 0 Å². The molecule has 0 aromatic heterocycles. The Labute approximate surface area is 110 Å². The molecule has 19 heavy (non-hydrogen) atoms. The molecule has 0 aliphatic heterocycles. The number of amides is 1. The number of hydrogen-bond donors (Lipinski definition) is 4. The van der Waals surface area contributed by atoms with Crippen LogP contribution >= 0.6 is 0 Å². The lowest BCUT2D eigenvalue weighted by molar-refractivity contribution is -0.140.